The van der Waals surface area contributed by atoms with Crippen LogP contribution in [0.3, 0.4) is 0 Å². The molecular formula is C19H21N3O. The summed E-state index contributed by atoms with van der Waals surface area (Å²) >= 11 is 0. The first-order chi connectivity index (χ1) is 11.2. The molecule has 2 aromatic carbocycles. The molecule has 3 aromatic rings. The number of amides is 2. The van der Waals surface area contributed by atoms with Crippen molar-refractivity contribution in [1.82, 2.24) is 4.98 Å². The van der Waals surface area contributed by atoms with Gasteiger partial charge in [-0.2, -0.15) is 0 Å². The van der Waals surface area contributed by atoms with E-state index >= 15 is 0 Å². The molecule has 0 saturated heterocycles. The van der Waals surface area contributed by atoms with E-state index in [0.29, 0.717) is 0 Å². The number of carbonyl (C=O) groups is 1. The summed E-state index contributed by atoms with van der Waals surface area (Å²) in [5.74, 6) is 0. The summed E-state index contributed by atoms with van der Waals surface area (Å²) in [4.78, 5) is 15.3. The van der Waals surface area contributed by atoms with Crippen molar-refractivity contribution in [2.75, 3.05) is 10.6 Å². The van der Waals surface area contributed by atoms with Gasteiger partial charge in [-0.05, 0) is 54.1 Å². The van der Waals surface area contributed by atoms with E-state index in [1.165, 1.54) is 12.0 Å². The van der Waals surface area contributed by atoms with Crippen molar-refractivity contribution in [1.29, 1.82) is 0 Å². The average molecular weight is 307 g/mol. The lowest BCUT2D eigenvalue weighted by atomic mass is 10.1. The van der Waals surface area contributed by atoms with Crippen molar-refractivity contribution < 1.29 is 4.79 Å². The van der Waals surface area contributed by atoms with Crippen LogP contribution in [-0.2, 0) is 6.42 Å². The number of unbranched alkanes of at least 4 members (excludes halogenated alkanes) is 1. The Balaban J connectivity index is 1.64. The van der Waals surface area contributed by atoms with Crippen LogP contribution in [0.1, 0.15) is 25.3 Å². The number of aromatic amines is 1. The molecule has 3 N–H and O–H groups in total. The van der Waals surface area contributed by atoms with Crippen LogP contribution in [0.4, 0.5) is 16.2 Å². The zero-order chi connectivity index (χ0) is 16.1. The van der Waals surface area contributed by atoms with Crippen molar-refractivity contribution in [2.45, 2.75) is 26.2 Å². The largest absolute Gasteiger partial charge is 0.361 e. The maximum Gasteiger partial charge on any atom is 0.323 e. The first-order valence-electron chi connectivity index (χ1n) is 7.98. The Kier molecular flexibility index (Phi) is 4.62. The third-order valence-electron chi connectivity index (χ3n) is 3.82. The maximum atomic E-state index is 12.1. The minimum Gasteiger partial charge on any atom is -0.361 e. The fourth-order valence-electron chi connectivity index (χ4n) is 2.60. The van der Waals surface area contributed by atoms with Gasteiger partial charge in [-0.25, -0.2) is 4.79 Å². The molecule has 3 rings (SSSR count). The van der Waals surface area contributed by atoms with Gasteiger partial charge in [0.2, 0.25) is 0 Å². The van der Waals surface area contributed by atoms with Crippen LogP contribution in [0.15, 0.2) is 54.7 Å². The van der Waals surface area contributed by atoms with Gasteiger partial charge in [0.1, 0.15) is 0 Å². The number of aryl methyl sites for hydroxylation is 1. The van der Waals surface area contributed by atoms with E-state index < -0.39 is 0 Å². The SMILES string of the molecule is CCCCc1cccc(NC(=O)Nc2ccc3cc[nH]c3c2)c1. The lowest BCUT2D eigenvalue weighted by molar-refractivity contribution is 0.262. The van der Waals surface area contributed by atoms with Gasteiger partial charge in [0.25, 0.3) is 0 Å². The van der Waals surface area contributed by atoms with Gasteiger partial charge in [-0.15, -0.1) is 0 Å². The Bertz CT molecular complexity index is 807. The predicted octanol–water partition coefficient (Wildman–Crippen LogP) is 5.15. The molecule has 2 amide bonds. The molecule has 0 atom stereocenters. The monoisotopic (exact) mass is 307 g/mol. The van der Waals surface area contributed by atoms with Gasteiger partial charge in [0, 0.05) is 23.1 Å². The van der Waals surface area contributed by atoms with Gasteiger partial charge >= 0.3 is 6.03 Å². The molecule has 4 heteroatoms. The molecular weight excluding hydrogens is 286 g/mol. The van der Waals surface area contributed by atoms with Crippen LogP contribution in [-0.4, -0.2) is 11.0 Å². The minimum atomic E-state index is -0.233. The van der Waals surface area contributed by atoms with Crippen LogP contribution in [0, 0.1) is 0 Å². The molecule has 0 saturated carbocycles. The molecule has 0 aliphatic carbocycles. The van der Waals surface area contributed by atoms with Crippen LogP contribution in [0.2, 0.25) is 0 Å². The Hall–Kier alpha value is -2.75. The lowest BCUT2D eigenvalue weighted by Crippen LogP contribution is -2.19. The number of anilines is 2. The molecule has 0 bridgehead atoms. The van der Waals surface area contributed by atoms with Crippen molar-refractivity contribution in [3.8, 4) is 0 Å². The molecule has 1 aromatic heterocycles. The molecule has 0 aliphatic heterocycles. The molecule has 23 heavy (non-hydrogen) atoms. The normalized spacial score (nSPS) is 10.7. The molecule has 0 unspecified atom stereocenters. The molecule has 0 fully saturated rings. The summed E-state index contributed by atoms with van der Waals surface area (Å²) in [6, 6.07) is 15.6. The third-order valence-corrected chi connectivity index (χ3v) is 3.82. The van der Waals surface area contributed by atoms with Crippen molar-refractivity contribution in [2.24, 2.45) is 0 Å². The van der Waals surface area contributed by atoms with E-state index in [9.17, 15) is 4.79 Å². The standard InChI is InChI=1S/C19H21N3O/c1-2-3-5-14-6-4-7-16(12-14)21-19(23)22-17-9-8-15-10-11-20-18(15)13-17/h4,6-13,20H,2-3,5H2,1H3,(H2,21,22,23). The van der Waals surface area contributed by atoms with E-state index in [4.69, 9.17) is 0 Å². The van der Waals surface area contributed by atoms with Gasteiger partial charge in [0.15, 0.2) is 0 Å². The number of aromatic nitrogens is 1. The van der Waals surface area contributed by atoms with Gasteiger partial charge in [0.05, 0.1) is 0 Å². The van der Waals surface area contributed by atoms with Gasteiger partial charge in [-0.1, -0.05) is 31.5 Å². The molecule has 1 heterocycles. The molecule has 0 aliphatic rings. The first-order valence-corrected chi connectivity index (χ1v) is 7.98. The van der Waals surface area contributed by atoms with E-state index in [0.717, 1.165) is 35.1 Å². The average Bonchev–Trinajstić information content (AvgIpc) is 3.01. The summed E-state index contributed by atoms with van der Waals surface area (Å²) in [6.07, 6.45) is 5.25. The Morgan fingerprint density at radius 2 is 1.87 bits per heavy atom. The maximum absolute atomic E-state index is 12.1. The highest BCUT2D eigenvalue weighted by molar-refractivity contribution is 6.00. The zero-order valence-corrected chi connectivity index (χ0v) is 13.2. The number of rotatable bonds is 5. The fraction of sp³-hybridized carbons (Fsp3) is 0.211. The first kappa shape index (κ1) is 15.2. The van der Waals surface area contributed by atoms with Crippen LogP contribution in [0.5, 0.6) is 0 Å². The van der Waals surface area contributed by atoms with Crippen LogP contribution >= 0.6 is 0 Å². The van der Waals surface area contributed by atoms with Gasteiger partial charge < -0.3 is 15.6 Å². The second kappa shape index (κ2) is 7.01. The summed E-state index contributed by atoms with van der Waals surface area (Å²) in [7, 11) is 0. The molecule has 0 spiro atoms. The van der Waals surface area contributed by atoms with Crippen molar-refractivity contribution in [3.63, 3.8) is 0 Å². The highest BCUT2D eigenvalue weighted by atomic mass is 16.2. The highest BCUT2D eigenvalue weighted by Gasteiger charge is 2.04. The Morgan fingerprint density at radius 1 is 1.04 bits per heavy atom. The number of fused-ring (bicyclic) bond motifs is 1. The number of H-pyrrole nitrogens is 1. The third kappa shape index (κ3) is 3.92. The van der Waals surface area contributed by atoms with E-state index in [-0.39, 0.29) is 6.03 Å². The number of carbonyl (C=O) groups excluding carboxylic acids is 1. The van der Waals surface area contributed by atoms with Gasteiger partial charge in [-0.3, -0.25) is 0 Å². The second-order valence-electron chi connectivity index (χ2n) is 5.66. The van der Waals surface area contributed by atoms with Crippen LogP contribution < -0.4 is 10.6 Å². The summed E-state index contributed by atoms with van der Waals surface area (Å²) < 4.78 is 0. The number of nitrogens with one attached hydrogen (secondary N) is 3. The lowest BCUT2D eigenvalue weighted by Gasteiger charge is -2.09. The van der Waals surface area contributed by atoms with E-state index in [1.54, 1.807) is 0 Å². The van der Waals surface area contributed by atoms with Crippen molar-refractivity contribution >= 4 is 28.3 Å². The summed E-state index contributed by atoms with van der Waals surface area (Å²) in [5.41, 5.74) is 3.83. The number of benzene rings is 2. The van der Waals surface area contributed by atoms with Crippen LogP contribution in [0.25, 0.3) is 10.9 Å². The van der Waals surface area contributed by atoms with Crippen molar-refractivity contribution in [3.05, 3.63) is 60.3 Å². The number of hydrogen-bond acceptors (Lipinski definition) is 1. The minimum absolute atomic E-state index is 0.233. The molecule has 0 radical (unpaired) electrons. The second-order valence-corrected chi connectivity index (χ2v) is 5.66. The van der Waals surface area contributed by atoms with E-state index in [1.807, 2.05) is 48.7 Å². The van der Waals surface area contributed by atoms with E-state index in [2.05, 4.69) is 28.6 Å². The summed E-state index contributed by atoms with van der Waals surface area (Å²) in [5, 5.41) is 6.88. The number of hydrogen-bond donors (Lipinski definition) is 3. The predicted molar refractivity (Wildman–Crippen MR) is 96.0 cm³/mol. The quantitative estimate of drug-likeness (QED) is 0.599. The zero-order valence-electron chi connectivity index (χ0n) is 13.2. The summed E-state index contributed by atoms with van der Waals surface area (Å²) in [6.45, 7) is 2.18. The fourth-order valence-corrected chi connectivity index (χ4v) is 2.60. The smallest absolute Gasteiger partial charge is 0.323 e. The number of urea groups is 1. The molecule has 4 nitrogen and oxygen atoms in total. The Labute approximate surface area is 135 Å². The Morgan fingerprint density at radius 3 is 2.70 bits per heavy atom. The topological polar surface area (TPSA) is 56.9 Å². The molecule has 118 valence electrons. The highest BCUT2D eigenvalue weighted by Crippen LogP contribution is 2.18.